The highest BCUT2D eigenvalue weighted by Gasteiger charge is 2.27. The van der Waals surface area contributed by atoms with Crippen LogP contribution in [0.5, 0.6) is 11.5 Å². The van der Waals surface area contributed by atoms with Crippen molar-refractivity contribution >= 4 is 37.9 Å². The summed E-state index contributed by atoms with van der Waals surface area (Å²) in [6, 6.07) is 17.0. The molecular formula is C23H18FN5O4S. The molecule has 1 N–H and O–H groups in total. The van der Waals surface area contributed by atoms with Crippen LogP contribution in [-0.2, 0) is 9.84 Å². The number of sulfone groups is 1. The van der Waals surface area contributed by atoms with Crippen molar-refractivity contribution in [2.24, 2.45) is 0 Å². The molecule has 34 heavy (non-hydrogen) atoms. The number of aromatic nitrogens is 4. The van der Waals surface area contributed by atoms with Crippen LogP contribution < -0.4 is 14.8 Å². The topological polar surface area (TPSA) is 108 Å². The average Bonchev–Trinajstić information content (AvgIpc) is 3.29. The summed E-state index contributed by atoms with van der Waals surface area (Å²) in [4.78, 5) is 4.46. The molecule has 172 valence electrons. The van der Waals surface area contributed by atoms with Crippen LogP contribution in [0.3, 0.4) is 0 Å². The van der Waals surface area contributed by atoms with Gasteiger partial charge in [-0.2, -0.15) is 4.52 Å². The molecule has 2 heterocycles. The number of fused-ring (bicyclic) bond motifs is 3. The predicted molar refractivity (Wildman–Crippen MR) is 123 cm³/mol. The lowest BCUT2D eigenvalue weighted by Gasteiger charge is -2.13. The van der Waals surface area contributed by atoms with Crippen molar-refractivity contribution in [2.45, 2.75) is 9.92 Å². The van der Waals surface area contributed by atoms with Crippen LogP contribution in [0.25, 0.3) is 16.6 Å². The maximum Gasteiger partial charge on any atom is 0.229 e. The van der Waals surface area contributed by atoms with E-state index in [9.17, 15) is 12.8 Å². The number of ether oxygens (including phenoxy) is 2. The standard InChI is InChI=1S/C23H18FN5O4S/c1-32-19-12-9-15(13-20(19)33-2)25-21-17-5-3-4-6-18(17)29-22(26-21)23(27-28-29)34(30,31)16-10-7-14(24)8-11-16/h3-13H,1-2H3,(H,25,26). The molecule has 0 aliphatic carbocycles. The Balaban J connectivity index is 1.69. The monoisotopic (exact) mass is 479 g/mol. The zero-order chi connectivity index (χ0) is 23.9. The predicted octanol–water partition coefficient (Wildman–Crippen LogP) is 4.01. The first kappa shape index (κ1) is 21.6. The van der Waals surface area contributed by atoms with Crippen LogP contribution in [0.1, 0.15) is 0 Å². The number of benzene rings is 3. The minimum Gasteiger partial charge on any atom is -0.493 e. The fraction of sp³-hybridized carbons (Fsp3) is 0.0870. The van der Waals surface area contributed by atoms with Gasteiger partial charge in [0.25, 0.3) is 0 Å². The van der Waals surface area contributed by atoms with Crippen molar-refractivity contribution in [3.05, 3.63) is 72.5 Å². The van der Waals surface area contributed by atoms with E-state index in [4.69, 9.17) is 9.47 Å². The Morgan fingerprint density at radius 3 is 2.41 bits per heavy atom. The SMILES string of the molecule is COc1ccc(Nc2nc3c(S(=O)(=O)c4ccc(F)cc4)nnn3c3ccccc23)cc1OC. The highest BCUT2D eigenvalue weighted by Crippen LogP contribution is 2.33. The van der Waals surface area contributed by atoms with Gasteiger partial charge in [0, 0.05) is 17.1 Å². The number of hydrogen-bond donors (Lipinski definition) is 1. The third-order valence-corrected chi connectivity index (χ3v) is 6.91. The molecule has 0 spiro atoms. The van der Waals surface area contributed by atoms with E-state index in [0.717, 1.165) is 12.1 Å². The van der Waals surface area contributed by atoms with Crippen molar-refractivity contribution in [3.63, 3.8) is 0 Å². The minimum absolute atomic E-state index is 0.0333. The van der Waals surface area contributed by atoms with Gasteiger partial charge >= 0.3 is 0 Å². The zero-order valence-electron chi connectivity index (χ0n) is 18.1. The van der Waals surface area contributed by atoms with Gasteiger partial charge < -0.3 is 14.8 Å². The van der Waals surface area contributed by atoms with E-state index >= 15 is 0 Å². The van der Waals surface area contributed by atoms with Crippen molar-refractivity contribution in [3.8, 4) is 11.5 Å². The Bertz CT molecular complexity index is 1640. The number of nitrogens with zero attached hydrogens (tertiary/aromatic N) is 4. The quantitative estimate of drug-likeness (QED) is 0.364. The van der Waals surface area contributed by atoms with E-state index in [0.29, 0.717) is 33.9 Å². The second-order valence-corrected chi connectivity index (χ2v) is 9.12. The van der Waals surface area contributed by atoms with E-state index in [1.807, 2.05) is 12.1 Å². The molecule has 0 bridgehead atoms. The Morgan fingerprint density at radius 2 is 1.68 bits per heavy atom. The van der Waals surface area contributed by atoms with Crippen LogP contribution in [0.15, 0.2) is 76.7 Å². The molecule has 0 fully saturated rings. The molecule has 11 heteroatoms. The van der Waals surface area contributed by atoms with E-state index in [-0.39, 0.29) is 15.6 Å². The number of nitrogens with one attached hydrogen (secondary N) is 1. The van der Waals surface area contributed by atoms with E-state index in [2.05, 4.69) is 20.6 Å². The zero-order valence-corrected chi connectivity index (χ0v) is 18.9. The maximum atomic E-state index is 13.3. The Morgan fingerprint density at radius 1 is 0.941 bits per heavy atom. The number of hydrogen-bond acceptors (Lipinski definition) is 8. The number of methoxy groups -OCH3 is 2. The molecule has 9 nitrogen and oxygen atoms in total. The van der Waals surface area contributed by atoms with Crippen LogP contribution in [0.4, 0.5) is 15.9 Å². The smallest absolute Gasteiger partial charge is 0.229 e. The summed E-state index contributed by atoms with van der Waals surface area (Å²) in [5.41, 5.74) is 1.28. The normalized spacial score (nSPS) is 11.6. The van der Waals surface area contributed by atoms with E-state index < -0.39 is 15.7 Å². The molecule has 0 aliphatic rings. The summed E-state index contributed by atoms with van der Waals surface area (Å²) in [6.07, 6.45) is 0. The Kier molecular flexibility index (Phi) is 5.25. The minimum atomic E-state index is -4.10. The molecule has 0 saturated carbocycles. The Hall–Kier alpha value is -4.25. The van der Waals surface area contributed by atoms with Crippen molar-refractivity contribution in [2.75, 3.05) is 19.5 Å². The number of para-hydroxylation sites is 1. The summed E-state index contributed by atoms with van der Waals surface area (Å²) in [5.74, 6) is 0.933. The molecule has 0 radical (unpaired) electrons. The van der Waals surface area contributed by atoms with Gasteiger partial charge in [-0.3, -0.25) is 0 Å². The Labute approximate surface area is 193 Å². The van der Waals surface area contributed by atoms with Crippen molar-refractivity contribution in [1.29, 1.82) is 0 Å². The van der Waals surface area contributed by atoms with Crippen LogP contribution >= 0.6 is 0 Å². The average molecular weight is 479 g/mol. The van der Waals surface area contributed by atoms with Crippen LogP contribution in [0, 0.1) is 5.82 Å². The fourth-order valence-electron chi connectivity index (χ4n) is 3.59. The highest BCUT2D eigenvalue weighted by atomic mass is 32.2. The van der Waals surface area contributed by atoms with Gasteiger partial charge in [-0.25, -0.2) is 17.8 Å². The highest BCUT2D eigenvalue weighted by molar-refractivity contribution is 7.91. The first-order valence-corrected chi connectivity index (χ1v) is 11.5. The summed E-state index contributed by atoms with van der Waals surface area (Å²) < 4.78 is 51.9. The molecule has 0 atom stereocenters. The molecule has 0 aliphatic heterocycles. The lowest BCUT2D eigenvalue weighted by molar-refractivity contribution is 0.355. The molecule has 3 aromatic carbocycles. The van der Waals surface area contributed by atoms with Crippen LogP contribution in [-0.4, -0.2) is 42.4 Å². The second-order valence-electron chi connectivity index (χ2n) is 7.26. The molecule has 2 aromatic heterocycles. The lowest BCUT2D eigenvalue weighted by Crippen LogP contribution is -2.06. The summed E-state index contributed by atoms with van der Waals surface area (Å²) in [5, 5.41) is 11.5. The number of halogens is 1. The van der Waals surface area contributed by atoms with Gasteiger partial charge in [0.1, 0.15) is 11.6 Å². The third-order valence-electron chi connectivity index (χ3n) is 5.25. The van der Waals surface area contributed by atoms with E-state index in [1.54, 1.807) is 37.4 Å². The number of anilines is 2. The molecule has 0 unspecified atom stereocenters. The summed E-state index contributed by atoms with van der Waals surface area (Å²) in [6.45, 7) is 0. The first-order valence-electron chi connectivity index (χ1n) is 10.1. The van der Waals surface area contributed by atoms with Gasteiger partial charge in [-0.05, 0) is 48.5 Å². The van der Waals surface area contributed by atoms with Crippen molar-refractivity contribution in [1.82, 2.24) is 19.8 Å². The van der Waals surface area contributed by atoms with Gasteiger partial charge in [0.2, 0.25) is 14.9 Å². The molecule has 0 amide bonds. The lowest BCUT2D eigenvalue weighted by atomic mass is 10.2. The molecule has 0 saturated heterocycles. The summed E-state index contributed by atoms with van der Waals surface area (Å²) in [7, 11) is -1.03. The first-order chi connectivity index (χ1) is 16.4. The number of rotatable bonds is 6. The van der Waals surface area contributed by atoms with E-state index in [1.165, 1.54) is 23.8 Å². The van der Waals surface area contributed by atoms with Gasteiger partial charge in [0.05, 0.1) is 24.6 Å². The van der Waals surface area contributed by atoms with Gasteiger partial charge in [-0.15, -0.1) is 5.10 Å². The largest absolute Gasteiger partial charge is 0.493 e. The van der Waals surface area contributed by atoms with Crippen molar-refractivity contribution < 1.29 is 22.3 Å². The van der Waals surface area contributed by atoms with Gasteiger partial charge in [0.15, 0.2) is 17.1 Å². The second kappa shape index (κ2) is 8.27. The fourth-order valence-corrected chi connectivity index (χ4v) is 4.82. The van der Waals surface area contributed by atoms with Crippen LogP contribution in [0.2, 0.25) is 0 Å². The summed E-state index contributed by atoms with van der Waals surface area (Å²) >= 11 is 0. The third kappa shape index (κ3) is 3.55. The molecular weight excluding hydrogens is 461 g/mol. The molecule has 5 aromatic rings. The molecule has 5 rings (SSSR count). The van der Waals surface area contributed by atoms with Gasteiger partial charge in [-0.1, -0.05) is 17.3 Å². The maximum absolute atomic E-state index is 13.3.